The molecule has 1 saturated heterocycles. The van der Waals surface area contributed by atoms with Crippen molar-refractivity contribution in [3.63, 3.8) is 0 Å². The fraction of sp³-hybridized carbons (Fsp3) is 0.565. The minimum absolute atomic E-state index is 0.0910. The molecule has 0 spiro atoms. The molecule has 3 aromatic rings. The summed E-state index contributed by atoms with van der Waals surface area (Å²) in [5.74, 6) is 0.0558. The number of nitrogens with zero attached hydrogens (tertiary/aromatic N) is 5. The predicted octanol–water partition coefficient (Wildman–Crippen LogP) is 3.54. The third kappa shape index (κ3) is 4.21. The molecule has 1 atom stereocenters. The summed E-state index contributed by atoms with van der Waals surface area (Å²) in [5, 5.41) is 15.1. The fourth-order valence-electron chi connectivity index (χ4n) is 4.53. The molecule has 0 radical (unpaired) electrons. The zero-order chi connectivity index (χ0) is 22.1. The van der Waals surface area contributed by atoms with Crippen molar-refractivity contribution >= 4 is 11.6 Å². The van der Waals surface area contributed by atoms with E-state index in [9.17, 15) is 4.79 Å². The number of piperidine rings is 1. The largest absolute Gasteiger partial charge is 0.348 e. The van der Waals surface area contributed by atoms with Gasteiger partial charge in [-0.2, -0.15) is 10.2 Å². The number of carbonyl (C=O) groups excluding carboxylic acids is 1. The van der Waals surface area contributed by atoms with E-state index in [0.29, 0.717) is 11.7 Å². The van der Waals surface area contributed by atoms with Gasteiger partial charge in [0.1, 0.15) is 6.33 Å². The van der Waals surface area contributed by atoms with Crippen LogP contribution in [-0.4, -0.2) is 60.8 Å². The Morgan fingerprint density at radius 1 is 1.29 bits per heavy atom. The quantitative estimate of drug-likeness (QED) is 0.633. The second kappa shape index (κ2) is 8.78. The van der Waals surface area contributed by atoms with Crippen LogP contribution < -0.4 is 5.32 Å². The summed E-state index contributed by atoms with van der Waals surface area (Å²) in [6, 6.07) is 2.86. The Morgan fingerprint density at radius 3 is 2.71 bits per heavy atom. The van der Waals surface area contributed by atoms with Gasteiger partial charge in [-0.25, -0.2) is 9.50 Å². The highest BCUT2D eigenvalue weighted by molar-refractivity contribution is 5.96. The molecule has 4 heterocycles. The summed E-state index contributed by atoms with van der Waals surface area (Å²) < 4.78 is 1.76. The van der Waals surface area contributed by atoms with E-state index in [1.807, 2.05) is 13.1 Å². The van der Waals surface area contributed by atoms with Gasteiger partial charge in [-0.1, -0.05) is 20.8 Å². The Hall–Kier alpha value is -2.74. The van der Waals surface area contributed by atoms with E-state index in [4.69, 9.17) is 0 Å². The highest BCUT2D eigenvalue weighted by Gasteiger charge is 2.27. The molecule has 1 fully saturated rings. The van der Waals surface area contributed by atoms with Gasteiger partial charge < -0.3 is 10.2 Å². The van der Waals surface area contributed by atoms with Gasteiger partial charge in [-0.3, -0.25) is 9.89 Å². The van der Waals surface area contributed by atoms with Crippen molar-refractivity contribution in [3.8, 4) is 11.3 Å². The summed E-state index contributed by atoms with van der Waals surface area (Å²) in [4.78, 5) is 20.0. The zero-order valence-electron chi connectivity index (χ0n) is 19.1. The molecule has 8 heteroatoms. The van der Waals surface area contributed by atoms with Crippen molar-refractivity contribution in [2.45, 2.75) is 71.9 Å². The van der Waals surface area contributed by atoms with Crippen LogP contribution in [0.15, 0.2) is 18.6 Å². The number of H-pyrrole nitrogens is 1. The average Bonchev–Trinajstić information content (AvgIpc) is 3.41. The smallest absolute Gasteiger partial charge is 0.272 e. The number of nitrogens with one attached hydrogen (secondary N) is 2. The highest BCUT2D eigenvalue weighted by atomic mass is 16.2. The Balaban J connectivity index is 1.55. The van der Waals surface area contributed by atoms with Crippen molar-refractivity contribution in [3.05, 3.63) is 35.4 Å². The fourth-order valence-corrected chi connectivity index (χ4v) is 4.53. The van der Waals surface area contributed by atoms with Crippen LogP contribution in [0.4, 0.5) is 0 Å². The van der Waals surface area contributed by atoms with E-state index in [-0.39, 0.29) is 17.9 Å². The van der Waals surface area contributed by atoms with Crippen molar-refractivity contribution in [1.82, 2.24) is 35.0 Å². The van der Waals surface area contributed by atoms with Crippen molar-refractivity contribution in [1.29, 1.82) is 0 Å². The summed E-state index contributed by atoms with van der Waals surface area (Å²) in [5.41, 5.74) is 5.10. The number of aromatic amines is 1. The van der Waals surface area contributed by atoms with E-state index in [1.54, 1.807) is 10.8 Å². The van der Waals surface area contributed by atoms with Gasteiger partial charge in [0.2, 0.25) is 0 Å². The summed E-state index contributed by atoms with van der Waals surface area (Å²) in [7, 11) is 0. The van der Waals surface area contributed by atoms with Crippen LogP contribution >= 0.6 is 0 Å². The molecular formula is C23H33N7O. The lowest BCUT2D eigenvalue weighted by atomic mass is 9.96. The first kappa shape index (κ1) is 21.5. The minimum atomic E-state index is -0.0910. The Morgan fingerprint density at radius 2 is 2.03 bits per heavy atom. The summed E-state index contributed by atoms with van der Waals surface area (Å²) in [6.45, 7) is 12.8. The Kier molecular flexibility index (Phi) is 6.09. The molecule has 1 aliphatic rings. The molecule has 1 aliphatic heterocycles. The molecule has 0 aliphatic carbocycles. The standard InChI is InChI=1S/C23H33N7O/c1-6-16(5)29-9-7-18(8-10-29)26-23(31)21-19(14(2)3)20(27-28-21)17-11-15(4)22-24-13-25-30(22)12-17/h11-14,16,18H,6-10H2,1-5H3,(H,26,31)(H,27,28). The second-order valence-corrected chi connectivity index (χ2v) is 9.00. The van der Waals surface area contributed by atoms with Crippen LogP contribution in [0.1, 0.15) is 74.5 Å². The van der Waals surface area contributed by atoms with Gasteiger partial charge in [0.25, 0.3) is 5.91 Å². The average molecular weight is 424 g/mol. The van der Waals surface area contributed by atoms with Crippen LogP contribution in [-0.2, 0) is 0 Å². The molecule has 166 valence electrons. The lowest BCUT2D eigenvalue weighted by Gasteiger charge is -2.35. The van der Waals surface area contributed by atoms with E-state index in [0.717, 1.165) is 60.4 Å². The van der Waals surface area contributed by atoms with E-state index in [1.165, 1.54) is 0 Å². The molecule has 3 aromatic heterocycles. The number of amides is 1. The number of hydrogen-bond acceptors (Lipinski definition) is 5. The van der Waals surface area contributed by atoms with Gasteiger partial charge in [-0.05, 0) is 50.7 Å². The maximum Gasteiger partial charge on any atom is 0.272 e. The normalized spacial score (nSPS) is 16.8. The van der Waals surface area contributed by atoms with Gasteiger partial charge in [0, 0.05) is 42.5 Å². The van der Waals surface area contributed by atoms with Crippen LogP contribution in [0.5, 0.6) is 0 Å². The SMILES string of the molecule is CCC(C)N1CCC(NC(=O)c2n[nH]c(-c3cc(C)c4ncnn4c3)c2C(C)C)CC1. The van der Waals surface area contributed by atoms with Gasteiger partial charge in [-0.15, -0.1) is 0 Å². The minimum Gasteiger partial charge on any atom is -0.348 e. The number of likely N-dealkylation sites (tertiary alicyclic amines) is 1. The zero-order valence-corrected chi connectivity index (χ0v) is 19.1. The monoisotopic (exact) mass is 423 g/mol. The first-order chi connectivity index (χ1) is 14.9. The number of hydrogen-bond donors (Lipinski definition) is 2. The van der Waals surface area contributed by atoms with E-state index >= 15 is 0 Å². The first-order valence-electron chi connectivity index (χ1n) is 11.3. The van der Waals surface area contributed by atoms with E-state index in [2.05, 4.69) is 64.3 Å². The number of aryl methyl sites for hydroxylation is 1. The van der Waals surface area contributed by atoms with Gasteiger partial charge in [0.15, 0.2) is 11.3 Å². The molecular weight excluding hydrogens is 390 g/mol. The van der Waals surface area contributed by atoms with Crippen LogP contribution in [0.2, 0.25) is 0 Å². The molecule has 1 unspecified atom stereocenters. The third-order valence-electron chi connectivity index (χ3n) is 6.52. The molecule has 8 nitrogen and oxygen atoms in total. The van der Waals surface area contributed by atoms with Crippen molar-refractivity contribution in [2.24, 2.45) is 0 Å². The highest BCUT2D eigenvalue weighted by Crippen LogP contribution is 2.31. The first-order valence-corrected chi connectivity index (χ1v) is 11.3. The molecule has 2 N–H and O–H groups in total. The number of aromatic nitrogens is 5. The molecule has 0 bridgehead atoms. The topological polar surface area (TPSA) is 91.2 Å². The molecule has 0 saturated carbocycles. The maximum atomic E-state index is 13.2. The second-order valence-electron chi connectivity index (χ2n) is 9.00. The van der Waals surface area contributed by atoms with Crippen LogP contribution in [0, 0.1) is 6.92 Å². The number of carbonyl (C=O) groups is 1. The van der Waals surface area contributed by atoms with Crippen molar-refractivity contribution in [2.75, 3.05) is 13.1 Å². The maximum absolute atomic E-state index is 13.2. The summed E-state index contributed by atoms with van der Waals surface area (Å²) >= 11 is 0. The van der Waals surface area contributed by atoms with E-state index < -0.39 is 0 Å². The number of rotatable bonds is 6. The van der Waals surface area contributed by atoms with Gasteiger partial charge >= 0.3 is 0 Å². The molecule has 0 aromatic carbocycles. The lowest BCUT2D eigenvalue weighted by Crippen LogP contribution is -2.47. The predicted molar refractivity (Wildman–Crippen MR) is 121 cm³/mol. The third-order valence-corrected chi connectivity index (χ3v) is 6.52. The molecule has 1 amide bonds. The van der Waals surface area contributed by atoms with Gasteiger partial charge in [0.05, 0.1) is 5.69 Å². The van der Waals surface area contributed by atoms with Crippen molar-refractivity contribution < 1.29 is 4.79 Å². The Bertz CT molecular complexity index is 1060. The number of fused-ring (bicyclic) bond motifs is 1. The summed E-state index contributed by atoms with van der Waals surface area (Å²) in [6.07, 6.45) is 6.60. The lowest BCUT2D eigenvalue weighted by molar-refractivity contribution is 0.0888. The molecule has 4 rings (SSSR count). The van der Waals surface area contributed by atoms with Crippen LogP contribution in [0.25, 0.3) is 16.9 Å². The Labute approximate surface area is 183 Å². The van der Waals surface area contributed by atoms with Crippen LogP contribution in [0.3, 0.4) is 0 Å². The number of pyridine rings is 1. The molecule has 31 heavy (non-hydrogen) atoms.